The second-order valence-electron chi connectivity index (χ2n) is 5.17. The van der Waals surface area contributed by atoms with E-state index in [0.717, 1.165) is 44.3 Å². The van der Waals surface area contributed by atoms with Crippen LogP contribution in [0.1, 0.15) is 24.4 Å². The molecule has 5 heteroatoms. The Hall–Kier alpha value is -0.970. The van der Waals surface area contributed by atoms with Crippen LogP contribution < -0.4 is 5.32 Å². The van der Waals surface area contributed by atoms with Crippen molar-refractivity contribution in [3.05, 3.63) is 35.6 Å². The van der Waals surface area contributed by atoms with Gasteiger partial charge in [-0.2, -0.15) is 0 Å². The molecule has 1 fully saturated rings. The van der Waals surface area contributed by atoms with Crippen molar-refractivity contribution in [2.75, 3.05) is 26.7 Å². The van der Waals surface area contributed by atoms with Gasteiger partial charge in [-0.05, 0) is 63.1 Å². The third-order valence-corrected chi connectivity index (χ3v) is 3.88. The van der Waals surface area contributed by atoms with E-state index < -0.39 is 0 Å². The van der Waals surface area contributed by atoms with Crippen LogP contribution in [0, 0.1) is 11.7 Å². The Morgan fingerprint density at radius 2 is 1.95 bits per heavy atom. The molecular formula is C15H22ClFN2O. The highest BCUT2D eigenvalue weighted by Gasteiger charge is 2.25. The van der Waals surface area contributed by atoms with Crippen molar-refractivity contribution in [2.45, 2.75) is 18.9 Å². The van der Waals surface area contributed by atoms with E-state index in [1.165, 1.54) is 12.1 Å². The molecule has 1 atom stereocenters. The monoisotopic (exact) mass is 300 g/mol. The van der Waals surface area contributed by atoms with E-state index in [0.29, 0.717) is 5.92 Å². The number of hydrogen-bond donors (Lipinski definition) is 1. The Morgan fingerprint density at radius 3 is 2.45 bits per heavy atom. The summed E-state index contributed by atoms with van der Waals surface area (Å²) in [6.45, 7) is 2.89. The van der Waals surface area contributed by atoms with Crippen LogP contribution in [0.4, 0.5) is 4.39 Å². The van der Waals surface area contributed by atoms with Gasteiger partial charge in [0, 0.05) is 0 Å². The standard InChI is InChI=1S/C15H21FN2O.ClH/c1-17-10-12-6-8-18(9-7-12)15(11-19)13-2-4-14(16)5-3-13;/h2-5,11-12,15,17H,6-10H2,1H3;1H. The second-order valence-corrected chi connectivity index (χ2v) is 5.17. The Morgan fingerprint density at radius 1 is 1.35 bits per heavy atom. The van der Waals surface area contributed by atoms with Gasteiger partial charge in [-0.15, -0.1) is 12.4 Å². The fourth-order valence-corrected chi connectivity index (χ4v) is 2.76. The number of hydrogen-bond acceptors (Lipinski definition) is 3. The van der Waals surface area contributed by atoms with Crippen LogP contribution in [0.2, 0.25) is 0 Å². The molecule has 1 aromatic carbocycles. The van der Waals surface area contributed by atoms with Crippen LogP contribution in [0.15, 0.2) is 24.3 Å². The molecule has 2 rings (SSSR count). The van der Waals surface area contributed by atoms with E-state index in [9.17, 15) is 9.18 Å². The number of halogens is 2. The number of nitrogens with zero attached hydrogens (tertiary/aromatic N) is 1. The van der Waals surface area contributed by atoms with Gasteiger partial charge in [0.1, 0.15) is 12.1 Å². The maximum Gasteiger partial charge on any atom is 0.141 e. The quantitative estimate of drug-likeness (QED) is 0.848. The zero-order valence-corrected chi connectivity index (χ0v) is 12.5. The SMILES string of the molecule is CNCC1CCN(C(C=O)c2ccc(F)cc2)CC1.Cl. The fraction of sp³-hybridized carbons (Fsp3) is 0.533. The summed E-state index contributed by atoms with van der Waals surface area (Å²) in [6, 6.07) is 6.00. The summed E-state index contributed by atoms with van der Waals surface area (Å²) >= 11 is 0. The molecule has 1 heterocycles. The molecule has 20 heavy (non-hydrogen) atoms. The molecule has 1 N–H and O–H groups in total. The van der Waals surface area contributed by atoms with Gasteiger partial charge >= 0.3 is 0 Å². The lowest BCUT2D eigenvalue weighted by Gasteiger charge is -2.35. The zero-order chi connectivity index (χ0) is 13.7. The topological polar surface area (TPSA) is 32.3 Å². The first kappa shape index (κ1) is 17.1. The summed E-state index contributed by atoms with van der Waals surface area (Å²) < 4.78 is 12.9. The minimum Gasteiger partial charge on any atom is -0.319 e. The minimum atomic E-state index is -0.263. The van der Waals surface area contributed by atoms with Gasteiger partial charge in [-0.3, -0.25) is 4.90 Å². The maximum atomic E-state index is 12.9. The first-order chi connectivity index (χ1) is 9.24. The molecule has 3 nitrogen and oxygen atoms in total. The van der Waals surface area contributed by atoms with Crippen molar-refractivity contribution in [2.24, 2.45) is 5.92 Å². The first-order valence-corrected chi connectivity index (χ1v) is 6.84. The van der Waals surface area contributed by atoms with E-state index in [-0.39, 0.29) is 24.3 Å². The van der Waals surface area contributed by atoms with Gasteiger partial charge < -0.3 is 10.1 Å². The lowest BCUT2D eigenvalue weighted by atomic mass is 9.94. The summed E-state index contributed by atoms with van der Waals surface area (Å²) in [7, 11) is 1.97. The molecule has 112 valence electrons. The van der Waals surface area contributed by atoms with Crippen LogP contribution in [0.3, 0.4) is 0 Å². The van der Waals surface area contributed by atoms with Gasteiger partial charge in [0.2, 0.25) is 0 Å². The van der Waals surface area contributed by atoms with Gasteiger partial charge in [0.25, 0.3) is 0 Å². The maximum absolute atomic E-state index is 12.9. The Labute approximate surface area is 125 Å². The Balaban J connectivity index is 0.00000200. The molecule has 0 bridgehead atoms. The average Bonchev–Trinajstić information content (AvgIpc) is 2.44. The summed E-state index contributed by atoms with van der Waals surface area (Å²) in [5, 5.41) is 3.20. The molecule has 1 unspecified atom stereocenters. The van der Waals surface area contributed by atoms with Crippen LogP contribution in [-0.2, 0) is 4.79 Å². The molecule has 1 aliphatic heterocycles. The van der Waals surface area contributed by atoms with E-state index in [4.69, 9.17) is 0 Å². The molecule has 1 aromatic rings. The normalized spacial score (nSPS) is 18.3. The lowest BCUT2D eigenvalue weighted by molar-refractivity contribution is -0.113. The lowest BCUT2D eigenvalue weighted by Crippen LogP contribution is -2.39. The molecule has 0 aliphatic carbocycles. The van der Waals surface area contributed by atoms with Crippen molar-refractivity contribution < 1.29 is 9.18 Å². The molecule has 0 saturated carbocycles. The van der Waals surface area contributed by atoms with Crippen molar-refractivity contribution >= 4 is 18.7 Å². The van der Waals surface area contributed by atoms with Gasteiger partial charge in [-0.25, -0.2) is 4.39 Å². The van der Waals surface area contributed by atoms with E-state index in [1.807, 2.05) is 7.05 Å². The molecule has 0 radical (unpaired) electrons. The molecule has 0 spiro atoms. The molecule has 1 aliphatic rings. The highest BCUT2D eigenvalue weighted by atomic mass is 35.5. The summed E-state index contributed by atoms with van der Waals surface area (Å²) in [4.78, 5) is 13.5. The average molecular weight is 301 g/mol. The zero-order valence-electron chi connectivity index (χ0n) is 11.7. The van der Waals surface area contributed by atoms with Crippen LogP contribution in [-0.4, -0.2) is 37.9 Å². The minimum absolute atomic E-state index is 0. The Bertz CT molecular complexity index is 405. The highest BCUT2D eigenvalue weighted by molar-refractivity contribution is 5.85. The highest BCUT2D eigenvalue weighted by Crippen LogP contribution is 2.25. The van der Waals surface area contributed by atoms with Crippen molar-refractivity contribution in [3.63, 3.8) is 0 Å². The number of benzene rings is 1. The second kappa shape index (κ2) is 8.35. The number of likely N-dealkylation sites (tertiary alicyclic amines) is 1. The predicted molar refractivity (Wildman–Crippen MR) is 80.7 cm³/mol. The van der Waals surface area contributed by atoms with Crippen molar-refractivity contribution in [3.8, 4) is 0 Å². The Kier molecular flexibility index (Phi) is 7.13. The van der Waals surface area contributed by atoms with Gasteiger partial charge in [0.15, 0.2) is 0 Å². The van der Waals surface area contributed by atoms with Gasteiger partial charge in [0.05, 0.1) is 6.04 Å². The number of carbonyl (C=O) groups is 1. The molecule has 0 amide bonds. The van der Waals surface area contributed by atoms with Crippen LogP contribution in [0.5, 0.6) is 0 Å². The number of nitrogens with one attached hydrogen (secondary N) is 1. The summed E-state index contributed by atoms with van der Waals surface area (Å²) in [5.41, 5.74) is 0.878. The third kappa shape index (κ3) is 4.27. The number of carbonyl (C=O) groups excluding carboxylic acids is 1. The molecule has 0 aromatic heterocycles. The summed E-state index contributed by atoms with van der Waals surface area (Å²) in [5.74, 6) is 0.433. The van der Waals surface area contributed by atoms with E-state index in [2.05, 4.69) is 10.2 Å². The van der Waals surface area contributed by atoms with Crippen molar-refractivity contribution in [1.82, 2.24) is 10.2 Å². The first-order valence-electron chi connectivity index (χ1n) is 6.84. The van der Waals surface area contributed by atoms with Crippen LogP contribution >= 0.6 is 12.4 Å². The fourth-order valence-electron chi connectivity index (χ4n) is 2.76. The predicted octanol–water partition coefficient (Wildman–Crippen LogP) is 2.42. The van der Waals surface area contributed by atoms with E-state index in [1.54, 1.807) is 12.1 Å². The number of rotatable bonds is 5. The smallest absolute Gasteiger partial charge is 0.141 e. The number of piperidine rings is 1. The summed E-state index contributed by atoms with van der Waals surface area (Å²) in [6.07, 6.45) is 3.17. The molecular weight excluding hydrogens is 279 g/mol. The van der Waals surface area contributed by atoms with E-state index >= 15 is 0 Å². The van der Waals surface area contributed by atoms with Crippen LogP contribution in [0.25, 0.3) is 0 Å². The van der Waals surface area contributed by atoms with Gasteiger partial charge in [-0.1, -0.05) is 12.1 Å². The largest absolute Gasteiger partial charge is 0.319 e. The third-order valence-electron chi connectivity index (χ3n) is 3.88. The number of aldehydes is 1. The van der Waals surface area contributed by atoms with Crippen molar-refractivity contribution in [1.29, 1.82) is 0 Å². The molecule has 1 saturated heterocycles.